The summed E-state index contributed by atoms with van der Waals surface area (Å²) >= 11 is 1.93. The van der Waals surface area contributed by atoms with E-state index in [1.54, 1.807) is 0 Å². The Bertz CT molecular complexity index is 710. The van der Waals surface area contributed by atoms with Gasteiger partial charge in [-0.25, -0.2) is 4.79 Å². The Morgan fingerprint density at radius 3 is 2.10 bits per heavy atom. The monoisotopic (exact) mass is 444 g/mol. The van der Waals surface area contributed by atoms with Gasteiger partial charge in [-0.3, -0.25) is 9.69 Å². The molecule has 1 aromatic rings. The first-order valence-corrected chi connectivity index (χ1v) is 13.0. The van der Waals surface area contributed by atoms with Crippen LogP contribution in [0.4, 0.5) is 4.79 Å². The molecule has 0 radical (unpaired) electrons. The lowest BCUT2D eigenvalue weighted by Crippen LogP contribution is -2.51. The third-order valence-corrected chi connectivity index (χ3v) is 7.85. The van der Waals surface area contributed by atoms with Gasteiger partial charge in [-0.2, -0.15) is 11.8 Å². The molecule has 3 fully saturated rings. The van der Waals surface area contributed by atoms with Crippen LogP contribution in [-0.4, -0.2) is 71.5 Å². The summed E-state index contributed by atoms with van der Waals surface area (Å²) < 4.78 is 0. The molecule has 4 rings (SSSR count). The lowest BCUT2D eigenvalue weighted by atomic mass is 9.85. The number of nitrogens with zero attached hydrogens (tertiary/aromatic N) is 2. The van der Waals surface area contributed by atoms with Gasteiger partial charge in [0, 0.05) is 62.2 Å². The van der Waals surface area contributed by atoms with Crippen molar-refractivity contribution < 1.29 is 9.59 Å². The fourth-order valence-electron chi connectivity index (χ4n) is 5.02. The van der Waals surface area contributed by atoms with Crippen LogP contribution in [0.3, 0.4) is 0 Å². The molecular formula is C24H36N4O2S. The van der Waals surface area contributed by atoms with E-state index in [4.69, 9.17) is 0 Å². The van der Waals surface area contributed by atoms with Gasteiger partial charge in [-0.1, -0.05) is 30.3 Å². The summed E-state index contributed by atoms with van der Waals surface area (Å²) in [4.78, 5) is 29.7. The van der Waals surface area contributed by atoms with Crippen molar-refractivity contribution >= 4 is 23.7 Å². The first-order chi connectivity index (χ1) is 15.2. The molecule has 2 saturated heterocycles. The van der Waals surface area contributed by atoms with Crippen LogP contribution >= 0.6 is 11.8 Å². The van der Waals surface area contributed by atoms with Gasteiger partial charge in [0.05, 0.1) is 0 Å². The van der Waals surface area contributed by atoms with E-state index in [0.29, 0.717) is 5.91 Å². The van der Waals surface area contributed by atoms with E-state index in [-0.39, 0.29) is 24.0 Å². The Morgan fingerprint density at radius 2 is 1.45 bits per heavy atom. The van der Waals surface area contributed by atoms with Crippen LogP contribution in [0.25, 0.3) is 0 Å². The molecule has 31 heavy (non-hydrogen) atoms. The first kappa shape index (κ1) is 22.5. The number of thioether (sulfide) groups is 1. The molecule has 0 atom stereocenters. The van der Waals surface area contributed by atoms with Gasteiger partial charge in [0.2, 0.25) is 5.91 Å². The lowest BCUT2D eigenvalue weighted by Gasteiger charge is -2.35. The number of benzene rings is 1. The molecule has 2 aliphatic heterocycles. The minimum absolute atomic E-state index is 0.0376. The van der Waals surface area contributed by atoms with Crippen molar-refractivity contribution in [3.63, 3.8) is 0 Å². The zero-order valence-corrected chi connectivity index (χ0v) is 19.2. The van der Waals surface area contributed by atoms with Crippen LogP contribution in [0.15, 0.2) is 30.3 Å². The molecule has 0 bridgehead atoms. The highest BCUT2D eigenvalue weighted by Gasteiger charge is 2.31. The van der Waals surface area contributed by atoms with Crippen LogP contribution < -0.4 is 10.6 Å². The van der Waals surface area contributed by atoms with Gasteiger partial charge < -0.3 is 15.5 Å². The van der Waals surface area contributed by atoms with E-state index in [2.05, 4.69) is 45.9 Å². The summed E-state index contributed by atoms with van der Waals surface area (Å²) in [5.74, 6) is 2.62. The number of hydrogen-bond acceptors (Lipinski definition) is 4. The zero-order valence-electron chi connectivity index (χ0n) is 18.4. The molecule has 170 valence electrons. The summed E-state index contributed by atoms with van der Waals surface area (Å²) in [6.45, 7) is 4.81. The predicted octanol–water partition coefficient (Wildman–Crippen LogP) is 3.08. The maximum atomic E-state index is 12.7. The largest absolute Gasteiger partial charge is 0.341 e. The van der Waals surface area contributed by atoms with Crippen molar-refractivity contribution in [1.29, 1.82) is 0 Å². The highest BCUT2D eigenvalue weighted by atomic mass is 32.2. The quantitative estimate of drug-likeness (QED) is 0.733. The number of piperidine rings is 1. The number of likely N-dealkylation sites (tertiary alicyclic amines) is 1. The maximum absolute atomic E-state index is 12.7. The van der Waals surface area contributed by atoms with Crippen molar-refractivity contribution in [2.45, 2.75) is 57.2 Å². The third kappa shape index (κ3) is 6.62. The molecule has 3 amide bonds. The first-order valence-electron chi connectivity index (χ1n) is 11.9. The van der Waals surface area contributed by atoms with Crippen molar-refractivity contribution in [2.24, 2.45) is 5.92 Å². The molecule has 0 spiro atoms. The maximum Gasteiger partial charge on any atom is 0.315 e. The van der Waals surface area contributed by atoms with E-state index in [9.17, 15) is 9.59 Å². The SMILES string of the molecule is O=C(NC1CCC(C(=O)N2CCSCC2)CC1)NC1CCN(Cc2ccccc2)CC1. The minimum atomic E-state index is -0.0376. The normalized spacial score (nSPS) is 25.7. The molecule has 7 heteroatoms. The Morgan fingerprint density at radius 1 is 0.839 bits per heavy atom. The average molecular weight is 445 g/mol. The second-order valence-corrected chi connectivity index (χ2v) is 10.4. The van der Waals surface area contributed by atoms with Crippen LogP contribution in [0.1, 0.15) is 44.1 Å². The van der Waals surface area contributed by atoms with Crippen LogP contribution in [0.5, 0.6) is 0 Å². The third-order valence-electron chi connectivity index (χ3n) is 6.91. The Labute approximate surface area is 190 Å². The molecule has 2 heterocycles. The smallest absolute Gasteiger partial charge is 0.315 e. The summed E-state index contributed by atoms with van der Waals surface area (Å²) in [6, 6.07) is 11.0. The van der Waals surface area contributed by atoms with Crippen LogP contribution in [0.2, 0.25) is 0 Å². The van der Waals surface area contributed by atoms with E-state index in [1.807, 2.05) is 16.7 Å². The number of carbonyl (C=O) groups excluding carboxylic acids is 2. The molecule has 0 unspecified atom stereocenters. The number of amides is 3. The molecule has 0 aromatic heterocycles. The van der Waals surface area contributed by atoms with Gasteiger partial charge in [0.1, 0.15) is 0 Å². The van der Waals surface area contributed by atoms with E-state index < -0.39 is 0 Å². The predicted molar refractivity (Wildman–Crippen MR) is 126 cm³/mol. The zero-order chi connectivity index (χ0) is 21.5. The number of nitrogens with one attached hydrogen (secondary N) is 2. The standard InChI is InChI=1S/C24H36N4O2S/c29-23(28-14-16-31-17-15-28)20-6-8-21(9-7-20)25-24(30)26-22-10-12-27(13-11-22)18-19-4-2-1-3-5-19/h1-5,20-22H,6-18H2,(H2,25,26,30). The molecule has 2 N–H and O–H groups in total. The molecule has 1 aromatic carbocycles. The summed E-state index contributed by atoms with van der Waals surface area (Å²) in [7, 11) is 0. The van der Waals surface area contributed by atoms with Crippen molar-refractivity contribution in [1.82, 2.24) is 20.4 Å². The Balaban J connectivity index is 1.12. The van der Waals surface area contributed by atoms with Crippen molar-refractivity contribution in [3.8, 4) is 0 Å². The fraction of sp³-hybridized carbons (Fsp3) is 0.667. The summed E-state index contributed by atoms with van der Waals surface area (Å²) in [5.41, 5.74) is 1.35. The van der Waals surface area contributed by atoms with Crippen LogP contribution in [-0.2, 0) is 11.3 Å². The van der Waals surface area contributed by atoms with Gasteiger partial charge in [0.25, 0.3) is 0 Å². The summed E-state index contributed by atoms with van der Waals surface area (Å²) in [6.07, 6.45) is 5.59. The average Bonchev–Trinajstić information content (AvgIpc) is 2.82. The number of rotatable bonds is 5. The van der Waals surface area contributed by atoms with Gasteiger partial charge >= 0.3 is 6.03 Å². The fourth-order valence-corrected chi connectivity index (χ4v) is 5.92. The molecule has 1 aliphatic carbocycles. The van der Waals surface area contributed by atoms with Gasteiger partial charge in [0.15, 0.2) is 0 Å². The summed E-state index contributed by atoms with van der Waals surface area (Å²) in [5, 5.41) is 6.35. The molecule has 3 aliphatic rings. The molecule has 1 saturated carbocycles. The van der Waals surface area contributed by atoms with Crippen molar-refractivity contribution in [2.75, 3.05) is 37.7 Å². The van der Waals surface area contributed by atoms with Gasteiger partial charge in [-0.05, 0) is 44.1 Å². The van der Waals surface area contributed by atoms with E-state index >= 15 is 0 Å². The van der Waals surface area contributed by atoms with Crippen molar-refractivity contribution in [3.05, 3.63) is 35.9 Å². The number of urea groups is 1. The van der Waals surface area contributed by atoms with E-state index in [0.717, 1.165) is 82.8 Å². The lowest BCUT2D eigenvalue weighted by molar-refractivity contribution is -0.136. The second kappa shape index (κ2) is 11.2. The molecule has 6 nitrogen and oxygen atoms in total. The Hall–Kier alpha value is -1.73. The topological polar surface area (TPSA) is 64.7 Å². The van der Waals surface area contributed by atoms with Crippen LogP contribution in [0, 0.1) is 5.92 Å². The van der Waals surface area contributed by atoms with E-state index in [1.165, 1.54) is 5.56 Å². The minimum Gasteiger partial charge on any atom is -0.341 e. The number of carbonyl (C=O) groups is 2. The molecular weight excluding hydrogens is 408 g/mol. The van der Waals surface area contributed by atoms with Gasteiger partial charge in [-0.15, -0.1) is 0 Å². The highest BCUT2D eigenvalue weighted by molar-refractivity contribution is 7.99. The second-order valence-electron chi connectivity index (χ2n) is 9.14. The number of hydrogen-bond donors (Lipinski definition) is 2. The Kier molecular flexibility index (Phi) is 8.14. The highest BCUT2D eigenvalue weighted by Crippen LogP contribution is 2.27.